The molecule has 0 radical (unpaired) electrons. The van der Waals surface area contributed by atoms with Crippen LogP contribution in [-0.4, -0.2) is 13.7 Å². The summed E-state index contributed by atoms with van der Waals surface area (Å²) in [7, 11) is 0. The zero-order valence-corrected chi connectivity index (χ0v) is 31.0. The molecule has 0 saturated heterocycles. The molecule has 0 aliphatic carbocycles. The van der Waals surface area contributed by atoms with E-state index in [4.69, 9.17) is 0 Å². The van der Waals surface area contributed by atoms with Gasteiger partial charge in [-0.05, 0) is 89.0 Å². The highest BCUT2D eigenvalue weighted by Gasteiger charge is 2.21. The predicted octanol–water partition coefficient (Wildman–Crippen LogP) is 14.3. The summed E-state index contributed by atoms with van der Waals surface area (Å²) in [6.07, 6.45) is 0. The lowest BCUT2D eigenvalue weighted by Crippen LogP contribution is -1.98. The van der Waals surface area contributed by atoms with Crippen LogP contribution < -0.4 is 0 Å². The molecule has 0 aliphatic heterocycles. The van der Waals surface area contributed by atoms with Crippen molar-refractivity contribution in [3.63, 3.8) is 0 Å². The van der Waals surface area contributed by atoms with Crippen molar-refractivity contribution in [2.24, 2.45) is 0 Å². The van der Waals surface area contributed by atoms with Crippen molar-refractivity contribution in [2.75, 3.05) is 0 Å². The van der Waals surface area contributed by atoms with Gasteiger partial charge in [0.15, 0.2) is 0 Å². The van der Waals surface area contributed by atoms with Crippen LogP contribution in [0.2, 0.25) is 0 Å². The first kappa shape index (κ1) is 31.7. The summed E-state index contributed by atoms with van der Waals surface area (Å²) in [5, 5.41) is 7.48. The Bertz CT molecular complexity index is 3490. The normalized spacial score (nSPS) is 11.9. The van der Waals surface area contributed by atoms with E-state index in [1.54, 1.807) is 0 Å². The number of para-hydroxylation sites is 4. The van der Waals surface area contributed by atoms with Crippen LogP contribution in [0.25, 0.3) is 105 Å². The molecule has 0 fully saturated rings. The Balaban J connectivity index is 1.06. The zero-order valence-electron chi connectivity index (χ0n) is 31.0. The van der Waals surface area contributed by atoms with Gasteiger partial charge in [0.2, 0.25) is 0 Å². The highest BCUT2D eigenvalue weighted by atomic mass is 15.0. The van der Waals surface area contributed by atoms with Crippen LogP contribution in [0.15, 0.2) is 212 Å². The van der Waals surface area contributed by atoms with Crippen molar-refractivity contribution in [1.29, 1.82) is 0 Å². The molecule has 3 heteroatoms. The second-order valence-electron chi connectivity index (χ2n) is 14.9. The maximum atomic E-state index is 2.48. The summed E-state index contributed by atoms with van der Waals surface area (Å²) in [6, 6.07) is 77.4. The van der Waals surface area contributed by atoms with Gasteiger partial charge >= 0.3 is 0 Å². The SMILES string of the molecule is c1ccc(-c2ccc(-n3c4ccccc4c4cc(-c5cccc(-n6c7ccccc7c7ccc8c9ccccc9n(-c9ccccc9)c8c76)c5)ccc43)cc2)cc1. The van der Waals surface area contributed by atoms with Crippen LogP contribution in [0.5, 0.6) is 0 Å². The average molecular weight is 726 g/mol. The van der Waals surface area contributed by atoms with Gasteiger partial charge in [-0.25, -0.2) is 0 Å². The van der Waals surface area contributed by atoms with E-state index in [9.17, 15) is 0 Å². The zero-order chi connectivity index (χ0) is 37.5. The van der Waals surface area contributed by atoms with Crippen molar-refractivity contribution in [3.8, 4) is 39.3 Å². The third kappa shape index (κ3) is 4.79. The number of fused-ring (bicyclic) bond motifs is 10. The Morgan fingerprint density at radius 3 is 1.28 bits per heavy atom. The van der Waals surface area contributed by atoms with Gasteiger partial charge in [-0.3, -0.25) is 0 Å². The Labute approximate surface area is 329 Å². The minimum absolute atomic E-state index is 1.14. The smallest absolute Gasteiger partial charge is 0.0788 e. The van der Waals surface area contributed by atoms with Crippen LogP contribution in [0, 0.1) is 0 Å². The molecule has 57 heavy (non-hydrogen) atoms. The van der Waals surface area contributed by atoms with Crippen molar-refractivity contribution >= 4 is 65.4 Å². The number of rotatable bonds is 5. The van der Waals surface area contributed by atoms with Gasteiger partial charge in [0, 0.05) is 49.4 Å². The molecule has 9 aromatic carbocycles. The van der Waals surface area contributed by atoms with Gasteiger partial charge in [0.1, 0.15) is 0 Å². The van der Waals surface area contributed by atoms with Gasteiger partial charge in [-0.15, -0.1) is 0 Å². The summed E-state index contributed by atoms with van der Waals surface area (Å²) in [5.74, 6) is 0. The Morgan fingerprint density at radius 2 is 0.632 bits per heavy atom. The second-order valence-corrected chi connectivity index (χ2v) is 14.9. The summed E-state index contributed by atoms with van der Waals surface area (Å²) in [4.78, 5) is 0. The fourth-order valence-electron chi connectivity index (χ4n) is 9.30. The van der Waals surface area contributed by atoms with E-state index in [1.165, 1.54) is 87.7 Å². The van der Waals surface area contributed by atoms with E-state index in [0.29, 0.717) is 0 Å². The molecular weight excluding hydrogens is 691 g/mol. The van der Waals surface area contributed by atoms with Crippen molar-refractivity contribution < 1.29 is 0 Å². The number of hydrogen-bond acceptors (Lipinski definition) is 0. The van der Waals surface area contributed by atoms with E-state index < -0.39 is 0 Å². The molecule has 0 unspecified atom stereocenters. The Kier molecular flexibility index (Phi) is 6.93. The van der Waals surface area contributed by atoms with Gasteiger partial charge in [0.05, 0.1) is 33.1 Å². The van der Waals surface area contributed by atoms with E-state index in [2.05, 4.69) is 226 Å². The molecule has 0 N–H and O–H groups in total. The molecule has 12 aromatic rings. The molecule has 266 valence electrons. The summed E-state index contributed by atoms with van der Waals surface area (Å²) >= 11 is 0. The summed E-state index contributed by atoms with van der Waals surface area (Å²) in [5.41, 5.74) is 15.5. The third-order valence-corrected chi connectivity index (χ3v) is 11.8. The van der Waals surface area contributed by atoms with Crippen LogP contribution >= 0.6 is 0 Å². The molecule has 3 nitrogen and oxygen atoms in total. The van der Waals surface area contributed by atoms with E-state index in [0.717, 1.165) is 17.1 Å². The van der Waals surface area contributed by atoms with E-state index in [-0.39, 0.29) is 0 Å². The van der Waals surface area contributed by atoms with Gasteiger partial charge in [-0.1, -0.05) is 146 Å². The monoisotopic (exact) mass is 725 g/mol. The fraction of sp³-hybridized carbons (Fsp3) is 0. The molecule has 0 spiro atoms. The first-order chi connectivity index (χ1) is 28.3. The maximum Gasteiger partial charge on any atom is 0.0788 e. The van der Waals surface area contributed by atoms with Crippen LogP contribution in [-0.2, 0) is 0 Å². The van der Waals surface area contributed by atoms with Crippen LogP contribution in [0.4, 0.5) is 0 Å². The summed E-state index contributed by atoms with van der Waals surface area (Å²) in [6.45, 7) is 0. The molecule has 0 bridgehead atoms. The minimum atomic E-state index is 1.14. The third-order valence-electron chi connectivity index (χ3n) is 11.8. The van der Waals surface area contributed by atoms with Crippen molar-refractivity contribution in [2.45, 2.75) is 0 Å². The van der Waals surface area contributed by atoms with Crippen molar-refractivity contribution in [3.05, 3.63) is 212 Å². The largest absolute Gasteiger partial charge is 0.309 e. The standard InChI is InChI=1S/C54H35N3/c1-3-14-36(15-4-1)37-26-29-41(30-27-37)55-49-23-10-9-22-45(49)48-35-39(28-33-52(48)55)38-16-13-19-42(34-38)57-51-25-12-8-21-44(51)47-32-31-46-43-20-7-11-24-50(43)56(53(46)54(47)57)40-17-5-2-6-18-40/h1-35H. The van der Waals surface area contributed by atoms with Crippen LogP contribution in [0.3, 0.4) is 0 Å². The van der Waals surface area contributed by atoms with Crippen LogP contribution in [0.1, 0.15) is 0 Å². The number of benzene rings is 9. The molecule has 0 aliphatic rings. The minimum Gasteiger partial charge on any atom is -0.309 e. The fourth-order valence-corrected chi connectivity index (χ4v) is 9.30. The second kappa shape index (κ2) is 12.5. The first-order valence-corrected chi connectivity index (χ1v) is 19.6. The Morgan fingerprint density at radius 1 is 0.211 bits per heavy atom. The van der Waals surface area contributed by atoms with Gasteiger partial charge < -0.3 is 13.7 Å². The lowest BCUT2D eigenvalue weighted by atomic mass is 10.0. The molecule has 3 aromatic heterocycles. The molecule has 12 rings (SSSR count). The van der Waals surface area contributed by atoms with Gasteiger partial charge in [-0.2, -0.15) is 0 Å². The lowest BCUT2D eigenvalue weighted by Gasteiger charge is -2.14. The van der Waals surface area contributed by atoms with E-state index in [1.807, 2.05) is 0 Å². The quantitative estimate of drug-likeness (QED) is 0.168. The van der Waals surface area contributed by atoms with Gasteiger partial charge in [0.25, 0.3) is 0 Å². The molecule has 0 amide bonds. The number of aromatic nitrogens is 3. The first-order valence-electron chi connectivity index (χ1n) is 19.6. The molecule has 0 saturated carbocycles. The highest BCUT2D eigenvalue weighted by molar-refractivity contribution is 6.24. The molecule has 0 atom stereocenters. The van der Waals surface area contributed by atoms with Crippen molar-refractivity contribution in [1.82, 2.24) is 13.7 Å². The summed E-state index contributed by atoms with van der Waals surface area (Å²) < 4.78 is 7.33. The average Bonchev–Trinajstić information content (AvgIpc) is 3.93. The highest BCUT2D eigenvalue weighted by Crippen LogP contribution is 2.42. The number of nitrogens with zero attached hydrogens (tertiary/aromatic N) is 3. The Hall–Kier alpha value is -7.62. The molecular formula is C54H35N3. The maximum absolute atomic E-state index is 2.48. The topological polar surface area (TPSA) is 14.8 Å². The number of hydrogen-bond donors (Lipinski definition) is 0. The van der Waals surface area contributed by atoms with E-state index >= 15 is 0 Å². The molecule has 3 heterocycles. The lowest BCUT2D eigenvalue weighted by molar-refractivity contribution is 1.15. The predicted molar refractivity (Wildman–Crippen MR) is 240 cm³/mol.